The fourth-order valence-corrected chi connectivity index (χ4v) is 2.01. The second kappa shape index (κ2) is 5.69. The molecular weight excluding hydrogens is 200 g/mol. The second-order valence-corrected chi connectivity index (χ2v) is 4.32. The van der Waals surface area contributed by atoms with Gasteiger partial charge in [0, 0.05) is 12.0 Å². The van der Waals surface area contributed by atoms with Gasteiger partial charge in [-0.25, -0.2) is 0 Å². The lowest BCUT2D eigenvalue weighted by Gasteiger charge is -2.09. The van der Waals surface area contributed by atoms with E-state index in [-0.39, 0.29) is 5.78 Å². The molecule has 0 saturated heterocycles. The van der Waals surface area contributed by atoms with E-state index < -0.39 is 0 Å². The van der Waals surface area contributed by atoms with E-state index in [9.17, 15) is 4.79 Å². The van der Waals surface area contributed by atoms with E-state index in [0.717, 1.165) is 37.2 Å². The van der Waals surface area contributed by atoms with Crippen LogP contribution in [0.1, 0.15) is 48.9 Å². The average Bonchev–Trinajstić information content (AvgIpc) is 2.31. The lowest BCUT2D eigenvalue weighted by molar-refractivity contribution is 0.0978. The van der Waals surface area contributed by atoms with Crippen LogP contribution in [0.2, 0.25) is 0 Å². The van der Waals surface area contributed by atoms with Crippen LogP contribution in [-0.4, -0.2) is 12.4 Å². The number of hydrogen-bond donors (Lipinski definition) is 0. The van der Waals surface area contributed by atoms with Crippen molar-refractivity contribution in [2.45, 2.75) is 38.5 Å². The molecule has 0 saturated carbocycles. The van der Waals surface area contributed by atoms with Gasteiger partial charge in [-0.1, -0.05) is 31.4 Å². The van der Waals surface area contributed by atoms with Gasteiger partial charge in [0.15, 0.2) is 5.78 Å². The van der Waals surface area contributed by atoms with Crippen molar-refractivity contribution in [3.8, 4) is 5.75 Å². The minimum Gasteiger partial charge on any atom is -0.494 e. The standard InChI is InChI=1S/C14H18O2/c15-14-9-4-2-1-3-5-10-16-13-8-6-7-12(14)11-13/h6-8,11H,1-5,9-10H2. The van der Waals surface area contributed by atoms with Gasteiger partial charge in [-0.15, -0.1) is 0 Å². The molecule has 1 heterocycles. The summed E-state index contributed by atoms with van der Waals surface area (Å²) in [5.74, 6) is 1.07. The van der Waals surface area contributed by atoms with Crippen LogP contribution in [0.5, 0.6) is 5.75 Å². The molecule has 1 aliphatic heterocycles. The molecule has 0 aromatic heterocycles. The summed E-state index contributed by atoms with van der Waals surface area (Å²) < 4.78 is 5.62. The number of carbonyl (C=O) groups is 1. The first kappa shape index (κ1) is 11.2. The Labute approximate surface area is 96.6 Å². The van der Waals surface area contributed by atoms with Crippen molar-refractivity contribution in [3.05, 3.63) is 29.8 Å². The molecule has 2 nitrogen and oxygen atoms in total. The minimum atomic E-state index is 0.242. The van der Waals surface area contributed by atoms with Gasteiger partial charge >= 0.3 is 0 Å². The highest BCUT2D eigenvalue weighted by molar-refractivity contribution is 5.96. The average molecular weight is 218 g/mol. The van der Waals surface area contributed by atoms with E-state index in [1.807, 2.05) is 24.3 Å². The SMILES string of the molecule is O=C1CCCCCCCOc2cccc1c2. The Kier molecular flexibility index (Phi) is 3.97. The van der Waals surface area contributed by atoms with Gasteiger partial charge in [0.05, 0.1) is 6.61 Å². The molecule has 0 aliphatic carbocycles. The number of Topliss-reactive ketones (excluding diaryl/α,β-unsaturated/α-hetero) is 1. The summed E-state index contributed by atoms with van der Waals surface area (Å²) in [5.41, 5.74) is 0.790. The van der Waals surface area contributed by atoms with Gasteiger partial charge in [-0.3, -0.25) is 4.79 Å². The fraction of sp³-hybridized carbons (Fsp3) is 0.500. The van der Waals surface area contributed by atoms with Crippen LogP contribution < -0.4 is 4.74 Å². The highest BCUT2D eigenvalue weighted by Crippen LogP contribution is 2.18. The van der Waals surface area contributed by atoms with E-state index in [1.165, 1.54) is 12.8 Å². The first-order valence-electron chi connectivity index (χ1n) is 6.12. The van der Waals surface area contributed by atoms with E-state index >= 15 is 0 Å². The third kappa shape index (κ3) is 3.09. The Bertz CT molecular complexity index is 358. The Balaban J connectivity index is 2.12. The first-order valence-corrected chi connectivity index (χ1v) is 6.12. The van der Waals surface area contributed by atoms with Crippen molar-refractivity contribution in [1.82, 2.24) is 0 Å². The molecule has 86 valence electrons. The third-order valence-corrected chi connectivity index (χ3v) is 2.97. The number of hydrogen-bond acceptors (Lipinski definition) is 2. The van der Waals surface area contributed by atoms with E-state index in [1.54, 1.807) is 0 Å². The predicted octanol–water partition coefficient (Wildman–Crippen LogP) is 3.60. The number of ketones is 1. The van der Waals surface area contributed by atoms with Crippen LogP contribution in [0, 0.1) is 0 Å². The molecule has 2 bridgehead atoms. The highest BCUT2D eigenvalue weighted by atomic mass is 16.5. The molecule has 0 spiro atoms. The molecule has 0 fully saturated rings. The molecule has 2 heteroatoms. The van der Waals surface area contributed by atoms with Crippen molar-refractivity contribution in [3.63, 3.8) is 0 Å². The van der Waals surface area contributed by atoms with Crippen molar-refractivity contribution in [2.75, 3.05) is 6.61 Å². The van der Waals surface area contributed by atoms with Crippen LogP contribution in [0.25, 0.3) is 0 Å². The van der Waals surface area contributed by atoms with E-state index in [2.05, 4.69) is 0 Å². The maximum absolute atomic E-state index is 11.8. The molecule has 0 amide bonds. The number of rotatable bonds is 0. The molecule has 1 aromatic carbocycles. The number of benzene rings is 1. The maximum atomic E-state index is 11.8. The first-order chi connectivity index (χ1) is 7.86. The summed E-state index contributed by atoms with van der Waals surface area (Å²) >= 11 is 0. The van der Waals surface area contributed by atoms with Crippen molar-refractivity contribution < 1.29 is 9.53 Å². The van der Waals surface area contributed by atoms with Crippen LogP contribution in [0.15, 0.2) is 24.3 Å². The largest absolute Gasteiger partial charge is 0.494 e. The van der Waals surface area contributed by atoms with Crippen LogP contribution in [0.3, 0.4) is 0 Å². The summed E-state index contributed by atoms with van der Waals surface area (Å²) in [6.07, 6.45) is 6.37. The van der Waals surface area contributed by atoms with Crippen molar-refractivity contribution in [1.29, 1.82) is 0 Å². The van der Waals surface area contributed by atoms with E-state index in [4.69, 9.17) is 4.74 Å². The van der Waals surface area contributed by atoms with Gasteiger partial charge < -0.3 is 4.74 Å². The summed E-state index contributed by atoms with van der Waals surface area (Å²) in [5, 5.41) is 0. The maximum Gasteiger partial charge on any atom is 0.163 e. The van der Waals surface area contributed by atoms with Crippen LogP contribution in [0.4, 0.5) is 0 Å². The lowest BCUT2D eigenvalue weighted by Crippen LogP contribution is -2.03. The van der Waals surface area contributed by atoms with Gasteiger partial charge in [0.25, 0.3) is 0 Å². The Hall–Kier alpha value is -1.31. The van der Waals surface area contributed by atoms with Gasteiger partial charge in [-0.2, -0.15) is 0 Å². The quantitative estimate of drug-likeness (QED) is 0.665. The monoisotopic (exact) mass is 218 g/mol. The van der Waals surface area contributed by atoms with E-state index in [0.29, 0.717) is 6.42 Å². The summed E-state index contributed by atoms with van der Waals surface area (Å²) in [6, 6.07) is 7.56. The molecule has 0 atom stereocenters. The van der Waals surface area contributed by atoms with Gasteiger partial charge in [0.2, 0.25) is 0 Å². The molecule has 1 aromatic rings. The third-order valence-electron chi connectivity index (χ3n) is 2.97. The molecule has 0 unspecified atom stereocenters. The smallest absolute Gasteiger partial charge is 0.163 e. The zero-order chi connectivity index (χ0) is 11.2. The summed E-state index contributed by atoms with van der Waals surface area (Å²) in [7, 11) is 0. The summed E-state index contributed by atoms with van der Waals surface area (Å²) in [4.78, 5) is 11.8. The molecule has 0 radical (unpaired) electrons. The number of fused-ring (bicyclic) bond motifs is 2. The topological polar surface area (TPSA) is 26.3 Å². The molecule has 16 heavy (non-hydrogen) atoms. The zero-order valence-corrected chi connectivity index (χ0v) is 9.58. The van der Waals surface area contributed by atoms with Gasteiger partial charge in [0.1, 0.15) is 5.75 Å². The second-order valence-electron chi connectivity index (χ2n) is 4.32. The number of ether oxygens (including phenoxy) is 1. The Morgan fingerprint density at radius 2 is 1.81 bits per heavy atom. The van der Waals surface area contributed by atoms with Crippen LogP contribution in [-0.2, 0) is 0 Å². The van der Waals surface area contributed by atoms with Crippen molar-refractivity contribution >= 4 is 5.78 Å². The predicted molar refractivity (Wildman–Crippen MR) is 64.0 cm³/mol. The van der Waals surface area contributed by atoms with Crippen molar-refractivity contribution in [2.24, 2.45) is 0 Å². The van der Waals surface area contributed by atoms with Crippen LogP contribution >= 0.6 is 0 Å². The minimum absolute atomic E-state index is 0.242. The zero-order valence-electron chi connectivity index (χ0n) is 9.58. The Morgan fingerprint density at radius 1 is 1.00 bits per heavy atom. The molecule has 0 N–H and O–H groups in total. The lowest BCUT2D eigenvalue weighted by atomic mass is 10.0. The number of carbonyl (C=O) groups excluding carboxylic acids is 1. The fourth-order valence-electron chi connectivity index (χ4n) is 2.01. The molecule has 1 aliphatic rings. The molecular formula is C14H18O2. The van der Waals surface area contributed by atoms with Gasteiger partial charge in [-0.05, 0) is 25.0 Å². The normalized spacial score (nSPS) is 18.1. The highest BCUT2D eigenvalue weighted by Gasteiger charge is 2.07. The summed E-state index contributed by atoms with van der Waals surface area (Å²) in [6.45, 7) is 0.762. The molecule has 2 rings (SSSR count). The Morgan fingerprint density at radius 3 is 2.75 bits per heavy atom.